The number of nitrogens with zero attached hydrogens (tertiary/aromatic N) is 3. The molecule has 0 saturated carbocycles. The number of benzene rings is 1. The number of methoxy groups -OCH3 is 1. The molecule has 3 aromatic heterocycles. The topological polar surface area (TPSA) is 121 Å². The van der Waals surface area contributed by atoms with E-state index in [2.05, 4.69) is 40.3 Å². The van der Waals surface area contributed by atoms with Crippen LogP contribution in [0.25, 0.3) is 22.2 Å². The van der Waals surface area contributed by atoms with E-state index in [0.29, 0.717) is 16.6 Å². The molecule has 0 unspecified atom stereocenters. The highest BCUT2D eigenvalue weighted by Crippen LogP contribution is 2.39. The van der Waals surface area contributed by atoms with Gasteiger partial charge in [0.2, 0.25) is 5.95 Å². The second-order valence-electron chi connectivity index (χ2n) is 6.43. The van der Waals surface area contributed by atoms with Crippen LogP contribution in [0.15, 0.2) is 43.1 Å². The van der Waals surface area contributed by atoms with Gasteiger partial charge in [0, 0.05) is 29.5 Å². The number of rotatable bonds is 5. The number of para-hydroxylation sites is 1. The highest BCUT2D eigenvalue weighted by molar-refractivity contribution is 6.04. The van der Waals surface area contributed by atoms with Gasteiger partial charge in [-0.15, -0.1) is 0 Å². The number of halogens is 3. The van der Waals surface area contributed by atoms with Gasteiger partial charge >= 0.3 is 12.3 Å². The molecule has 0 saturated heterocycles. The van der Waals surface area contributed by atoms with Gasteiger partial charge in [0.25, 0.3) is 0 Å². The van der Waals surface area contributed by atoms with Crippen LogP contribution in [0, 0.1) is 0 Å². The van der Waals surface area contributed by atoms with Gasteiger partial charge in [-0.1, -0.05) is 12.1 Å². The van der Waals surface area contributed by atoms with Gasteiger partial charge in [-0.2, -0.15) is 13.2 Å². The Hall–Kier alpha value is -4.09. The van der Waals surface area contributed by atoms with Crippen molar-refractivity contribution in [3.63, 3.8) is 0 Å². The Morgan fingerprint density at radius 1 is 1.23 bits per heavy atom. The van der Waals surface area contributed by atoms with Crippen LogP contribution in [-0.2, 0) is 17.5 Å². The van der Waals surface area contributed by atoms with Crippen LogP contribution >= 0.6 is 0 Å². The Morgan fingerprint density at radius 2 is 2.06 bits per heavy atom. The van der Waals surface area contributed by atoms with Crippen molar-refractivity contribution in [3.8, 4) is 11.3 Å². The van der Waals surface area contributed by atoms with E-state index in [1.807, 2.05) is 0 Å². The van der Waals surface area contributed by atoms with E-state index >= 15 is 0 Å². The Bertz CT molecular complexity index is 1220. The Kier molecular flexibility index (Phi) is 5.19. The predicted molar refractivity (Wildman–Crippen MR) is 106 cm³/mol. The van der Waals surface area contributed by atoms with Gasteiger partial charge < -0.3 is 20.0 Å². The number of alkyl halides is 3. The van der Waals surface area contributed by atoms with Crippen molar-refractivity contribution in [1.82, 2.24) is 24.9 Å². The number of carbonyl (C=O) groups is 1. The number of carbonyl (C=O) groups excluding carboxylic acids is 1. The number of H-pyrrole nitrogens is 2. The van der Waals surface area contributed by atoms with Gasteiger partial charge in [0.05, 0.1) is 42.6 Å². The fourth-order valence-corrected chi connectivity index (χ4v) is 3.05. The smallest absolute Gasteiger partial charge is 0.419 e. The van der Waals surface area contributed by atoms with Gasteiger partial charge in [-0.25, -0.2) is 19.7 Å². The first-order chi connectivity index (χ1) is 14.9. The molecular weight excluding hydrogens is 415 g/mol. The highest BCUT2D eigenvalue weighted by atomic mass is 19.4. The summed E-state index contributed by atoms with van der Waals surface area (Å²) in [7, 11) is 1.21. The molecule has 0 aliphatic heterocycles. The molecule has 0 fully saturated rings. The molecule has 31 heavy (non-hydrogen) atoms. The maximum Gasteiger partial charge on any atom is 0.419 e. The summed E-state index contributed by atoms with van der Waals surface area (Å²) >= 11 is 0. The summed E-state index contributed by atoms with van der Waals surface area (Å²) in [6.45, 7) is 0.256. The molecule has 160 valence electrons. The largest absolute Gasteiger partial charge is 0.453 e. The lowest BCUT2D eigenvalue weighted by Crippen LogP contribution is -2.12. The molecule has 4 aromatic rings. The molecular formula is C19H16F3N7O2. The molecule has 0 aliphatic rings. The number of aromatic nitrogens is 5. The first-order valence-electron chi connectivity index (χ1n) is 8.97. The molecule has 0 bridgehead atoms. The van der Waals surface area contributed by atoms with E-state index in [4.69, 9.17) is 0 Å². The van der Waals surface area contributed by atoms with E-state index in [9.17, 15) is 18.0 Å². The third-order valence-corrected chi connectivity index (χ3v) is 4.48. The van der Waals surface area contributed by atoms with Crippen molar-refractivity contribution in [2.75, 3.05) is 17.7 Å². The number of hydrogen-bond acceptors (Lipinski definition) is 6. The molecule has 1 aromatic carbocycles. The minimum atomic E-state index is -4.66. The quantitative estimate of drug-likeness (QED) is 0.377. The van der Waals surface area contributed by atoms with E-state index in [1.165, 1.54) is 19.6 Å². The predicted octanol–water partition coefficient (Wildman–Crippen LogP) is 4.16. The van der Waals surface area contributed by atoms with E-state index < -0.39 is 17.8 Å². The van der Waals surface area contributed by atoms with Crippen LogP contribution in [0.2, 0.25) is 0 Å². The van der Waals surface area contributed by atoms with Gasteiger partial charge in [0.15, 0.2) is 0 Å². The zero-order chi connectivity index (χ0) is 22.0. The molecule has 0 aliphatic carbocycles. The molecule has 4 N–H and O–H groups in total. The van der Waals surface area contributed by atoms with E-state index in [-0.39, 0.29) is 23.8 Å². The minimum absolute atomic E-state index is 0.0239. The molecule has 9 nitrogen and oxygen atoms in total. The van der Waals surface area contributed by atoms with Crippen molar-refractivity contribution < 1.29 is 22.7 Å². The molecule has 3 heterocycles. The summed E-state index contributed by atoms with van der Waals surface area (Å²) < 4.78 is 45.6. The van der Waals surface area contributed by atoms with Gasteiger partial charge in [-0.05, 0) is 6.07 Å². The number of aromatic amines is 2. The lowest BCUT2D eigenvalue weighted by molar-refractivity contribution is -0.137. The standard InChI is InChI=1S/C19H16F3N7O2/c1-31-18(30)28-14-4-2-3-11-12(7-24-16(11)14)15-13(19(20,21)22)8-26-17(29-15)25-6-10-5-23-9-27-10/h2-5,7-9,24H,6H2,1H3,(H,23,27)(H,28,30)(H,25,26,29). The minimum Gasteiger partial charge on any atom is -0.453 e. The zero-order valence-electron chi connectivity index (χ0n) is 16.0. The average molecular weight is 431 g/mol. The monoisotopic (exact) mass is 431 g/mol. The van der Waals surface area contributed by atoms with Crippen LogP contribution < -0.4 is 10.6 Å². The number of nitrogens with one attached hydrogen (secondary N) is 4. The van der Waals surface area contributed by atoms with Crippen molar-refractivity contribution >= 4 is 28.6 Å². The SMILES string of the molecule is COC(=O)Nc1cccc2c(-c3nc(NCc4cnc[nH]4)ncc3C(F)(F)F)c[nH]c12. The number of amides is 1. The van der Waals surface area contributed by atoms with Crippen LogP contribution in [0.3, 0.4) is 0 Å². The number of fused-ring (bicyclic) bond motifs is 1. The Balaban J connectivity index is 1.78. The summed E-state index contributed by atoms with van der Waals surface area (Å²) in [4.78, 5) is 29.2. The highest BCUT2D eigenvalue weighted by Gasteiger charge is 2.36. The molecule has 0 atom stereocenters. The molecule has 12 heteroatoms. The third kappa shape index (κ3) is 4.13. The first kappa shape index (κ1) is 20.2. The van der Waals surface area contributed by atoms with E-state index in [1.54, 1.807) is 24.4 Å². The lowest BCUT2D eigenvalue weighted by atomic mass is 10.1. The fourth-order valence-electron chi connectivity index (χ4n) is 3.05. The summed E-state index contributed by atoms with van der Waals surface area (Å²) in [6.07, 6.45) is -0.152. The van der Waals surface area contributed by atoms with Gasteiger partial charge in [0.1, 0.15) is 5.56 Å². The maximum atomic E-state index is 13.7. The first-order valence-corrected chi connectivity index (χ1v) is 8.97. The second-order valence-corrected chi connectivity index (χ2v) is 6.43. The number of hydrogen-bond donors (Lipinski definition) is 4. The van der Waals surface area contributed by atoms with Crippen molar-refractivity contribution in [2.45, 2.75) is 12.7 Å². The van der Waals surface area contributed by atoms with Crippen molar-refractivity contribution in [1.29, 1.82) is 0 Å². The van der Waals surface area contributed by atoms with E-state index in [0.717, 1.165) is 11.9 Å². The normalized spacial score (nSPS) is 11.5. The third-order valence-electron chi connectivity index (χ3n) is 4.48. The molecule has 0 spiro atoms. The van der Waals surface area contributed by atoms with Crippen LogP contribution in [-0.4, -0.2) is 38.1 Å². The Labute approximate surface area is 173 Å². The fraction of sp³-hybridized carbons (Fsp3) is 0.158. The number of anilines is 2. The van der Waals surface area contributed by atoms with Crippen LogP contribution in [0.1, 0.15) is 11.3 Å². The number of ether oxygens (including phenoxy) is 1. The average Bonchev–Trinajstić information content (AvgIpc) is 3.41. The summed E-state index contributed by atoms with van der Waals surface area (Å²) in [5, 5.41) is 5.84. The zero-order valence-corrected chi connectivity index (χ0v) is 16.0. The molecule has 1 amide bonds. The lowest BCUT2D eigenvalue weighted by Gasteiger charge is -2.13. The maximum absolute atomic E-state index is 13.7. The van der Waals surface area contributed by atoms with Crippen molar-refractivity contribution in [2.24, 2.45) is 0 Å². The summed E-state index contributed by atoms with van der Waals surface area (Å²) in [6, 6.07) is 4.84. The molecule has 4 rings (SSSR count). The Morgan fingerprint density at radius 3 is 2.77 bits per heavy atom. The van der Waals surface area contributed by atoms with Crippen molar-refractivity contribution in [3.05, 3.63) is 54.4 Å². The second kappa shape index (κ2) is 7.97. The number of imidazole rings is 1. The van der Waals surface area contributed by atoms with Gasteiger partial charge in [-0.3, -0.25) is 5.32 Å². The molecule has 0 radical (unpaired) electrons. The summed E-state index contributed by atoms with van der Waals surface area (Å²) in [5.41, 5.74) is 0.443. The van der Waals surface area contributed by atoms with Crippen LogP contribution in [0.4, 0.5) is 29.6 Å². The van der Waals surface area contributed by atoms with Crippen LogP contribution in [0.5, 0.6) is 0 Å². The summed E-state index contributed by atoms with van der Waals surface area (Å²) in [5.74, 6) is 0.0239.